The van der Waals surface area contributed by atoms with Crippen molar-refractivity contribution in [1.29, 1.82) is 0 Å². The maximum Gasteiger partial charge on any atom is 0.265 e. The van der Waals surface area contributed by atoms with Gasteiger partial charge in [-0.15, -0.1) is 0 Å². The number of rotatable bonds is 5. The minimum absolute atomic E-state index is 0.167. The van der Waals surface area contributed by atoms with E-state index in [1.165, 1.54) is 7.11 Å². The Morgan fingerprint density at radius 1 is 1.10 bits per heavy atom. The van der Waals surface area contributed by atoms with Gasteiger partial charge in [0.05, 0.1) is 29.9 Å². The summed E-state index contributed by atoms with van der Waals surface area (Å²) in [5.41, 5.74) is 4.78. The fourth-order valence-electron chi connectivity index (χ4n) is 3.51. The van der Waals surface area contributed by atoms with Gasteiger partial charge in [0.25, 0.3) is 10.0 Å². The minimum atomic E-state index is -3.85. The van der Waals surface area contributed by atoms with Gasteiger partial charge in [-0.05, 0) is 56.7 Å². The van der Waals surface area contributed by atoms with E-state index in [1.54, 1.807) is 37.7 Å². The fraction of sp³-hybridized carbons (Fsp3) is 0.238. The fourth-order valence-corrected chi connectivity index (χ4v) is 5.01. The van der Waals surface area contributed by atoms with Crippen molar-refractivity contribution in [3.05, 3.63) is 59.7 Å². The lowest BCUT2D eigenvalue weighted by Gasteiger charge is -2.13. The molecule has 30 heavy (non-hydrogen) atoms. The van der Waals surface area contributed by atoms with Gasteiger partial charge < -0.3 is 9.14 Å². The lowest BCUT2D eigenvalue weighted by atomic mass is 10.1. The first-order chi connectivity index (χ1) is 14.2. The van der Waals surface area contributed by atoms with E-state index < -0.39 is 10.0 Å². The molecule has 0 saturated carbocycles. The van der Waals surface area contributed by atoms with Gasteiger partial charge in [-0.25, -0.2) is 13.4 Å². The van der Waals surface area contributed by atoms with Crippen molar-refractivity contribution in [2.24, 2.45) is 7.05 Å². The molecule has 8 nitrogen and oxygen atoms in total. The van der Waals surface area contributed by atoms with Gasteiger partial charge in [0.1, 0.15) is 16.3 Å². The molecule has 0 aliphatic rings. The van der Waals surface area contributed by atoms with Gasteiger partial charge in [0.15, 0.2) is 0 Å². The second-order valence-corrected chi connectivity index (χ2v) is 8.86. The molecule has 3 aromatic heterocycles. The number of aryl methyl sites for hydroxylation is 3. The van der Waals surface area contributed by atoms with E-state index in [2.05, 4.69) is 14.8 Å². The van der Waals surface area contributed by atoms with Crippen LogP contribution in [0.15, 0.2) is 47.6 Å². The number of hydrogen-bond donors (Lipinski definition) is 1. The molecule has 4 aromatic rings. The lowest BCUT2D eigenvalue weighted by molar-refractivity contribution is 0.417. The number of pyridine rings is 1. The summed E-state index contributed by atoms with van der Waals surface area (Å²) in [6.07, 6.45) is 3.85. The third-order valence-corrected chi connectivity index (χ3v) is 6.68. The quantitative estimate of drug-likeness (QED) is 0.529. The number of benzene rings is 1. The molecule has 0 aliphatic carbocycles. The zero-order chi connectivity index (χ0) is 21.6. The van der Waals surface area contributed by atoms with E-state index in [1.807, 2.05) is 41.9 Å². The average Bonchev–Trinajstić information content (AvgIpc) is 3.21. The van der Waals surface area contributed by atoms with Crippen molar-refractivity contribution in [1.82, 2.24) is 19.2 Å². The number of ether oxygens (including phenoxy) is 1. The Hall–Kier alpha value is -3.33. The van der Waals surface area contributed by atoms with E-state index in [9.17, 15) is 8.42 Å². The van der Waals surface area contributed by atoms with Crippen LogP contribution in [0.1, 0.15) is 17.0 Å². The summed E-state index contributed by atoms with van der Waals surface area (Å²) in [6.45, 7) is 5.41. The normalized spacial score (nSPS) is 11.8. The molecular formula is C21H23N5O3S. The van der Waals surface area contributed by atoms with Crippen LogP contribution in [0.4, 0.5) is 5.69 Å². The van der Waals surface area contributed by atoms with E-state index >= 15 is 0 Å². The van der Waals surface area contributed by atoms with Crippen LogP contribution in [0.5, 0.6) is 5.75 Å². The Morgan fingerprint density at radius 3 is 2.53 bits per heavy atom. The number of anilines is 1. The van der Waals surface area contributed by atoms with Crippen molar-refractivity contribution >= 4 is 21.4 Å². The van der Waals surface area contributed by atoms with Crippen LogP contribution in [0.3, 0.4) is 0 Å². The molecule has 0 spiro atoms. The second kappa shape index (κ2) is 7.17. The Kier molecular flexibility index (Phi) is 4.77. The summed E-state index contributed by atoms with van der Waals surface area (Å²) in [5.74, 6) is 0.418. The molecule has 3 heterocycles. The highest BCUT2D eigenvalue weighted by Gasteiger charge is 2.25. The lowest BCUT2D eigenvalue weighted by Crippen LogP contribution is -2.15. The number of imidazole rings is 1. The Labute approximate surface area is 175 Å². The number of sulfonamides is 1. The Bertz CT molecular complexity index is 1370. The van der Waals surface area contributed by atoms with E-state index in [0.29, 0.717) is 22.8 Å². The third-order valence-electron chi connectivity index (χ3n) is 5.07. The summed E-state index contributed by atoms with van der Waals surface area (Å²) in [5, 5.41) is 4.21. The summed E-state index contributed by atoms with van der Waals surface area (Å²) in [4.78, 5) is 4.83. The van der Waals surface area contributed by atoms with Gasteiger partial charge in [0, 0.05) is 25.0 Å². The minimum Gasteiger partial charge on any atom is -0.495 e. The molecule has 0 unspecified atom stereocenters. The molecule has 4 rings (SSSR count). The zero-order valence-corrected chi connectivity index (χ0v) is 18.3. The monoisotopic (exact) mass is 425 g/mol. The number of nitrogens with one attached hydrogen (secondary N) is 1. The molecular weight excluding hydrogens is 402 g/mol. The standard InChI is InChI=1S/C21H23N5O3S/c1-13-8-9-26-12-18(22-20(26)10-13)16-6-7-19(29-5)17(11-16)24-30(27,28)21-14(2)23-25(4)15(21)3/h6-12,24H,1-5H3. The molecule has 1 N–H and O–H groups in total. The maximum atomic E-state index is 13.1. The number of nitrogens with zero attached hydrogens (tertiary/aromatic N) is 4. The van der Waals surface area contributed by atoms with Crippen LogP contribution in [-0.4, -0.2) is 34.7 Å². The van der Waals surface area contributed by atoms with Crippen LogP contribution in [-0.2, 0) is 17.1 Å². The van der Waals surface area contributed by atoms with Crippen molar-refractivity contribution in [3.8, 4) is 17.0 Å². The summed E-state index contributed by atoms with van der Waals surface area (Å²) >= 11 is 0. The highest BCUT2D eigenvalue weighted by Crippen LogP contribution is 2.33. The number of hydrogen-bond acceptors (Lipinski definition) is 5. The van der Waals surface area contributed by atoms with E-state index in [-0.39, 0.29) is 4.90 Å². The molecule has 0 radical (unpaired) electrons. The smallest absolute Gasteiger partial charge is 0.265 e. The van der Waals surface area contributed by atoms with Crippen LogP contribution in [0.2, 0.25) is 0 Å². The van der Waals surface area contributed by atoms with Crippen molar-refractivity contribution in [2.45, 2.75) is 25.7 Å². The zero-order valence-electron chi connectivity index (χ0n) is 17.5. The summed E-state index contributed by atoms with van der Waals surface area (Å²) in [7, 11) is -0.638. The first-order valence-electron chi connectivity index (χ1n) is 9.36. The summed E-state index contributed by atoms with van der Waals surface area (Å²) in [6, 6.07) is 9.30. The van der Waals surface area contributed by atoms with Crippen molar-refractivity contribution in [2.75, 3.05) is 11.8 Å². The number of fused-ring (bicyclic) bond motifs is 1. The van der Waals surface area contributed by atoms with Crippen LogP contribution in [0.25, 0.3) is 16.9 Å². The molecule has 156 valence electrons. The van der Waals surface area contributed by atoms with Gasteiger partial charge in [-0.3, -0.25) is 9.40 Å². The Morgan fingerprint density at radius 2 is 1.87 bits per heavy atom. The summed E-state index contributed by atoms with van der Waals surface area (Å²) < 4.78 is 37.7. The van der Waals surface area contributed by atoms with E-state index in [0.717, 1.165) is 22.5 Å². The number of methoxy groups -OCH3 is 1. The van der Waals surface area contributed by atoms with Crippen LogP contribution < -0.4 is 9.46 Å². The predicted molar refractivity (Wildman–Crippen MR) is 115 cm³/mol. The van der Waals surface area contributed by atoms with E-state index in [4.69, 9.17) is 4.74 Å². The molecule has 9 heteroatoms. The van der Waals surface area contributed by atoms with Crippen molar-refractivity contribution < 1.29 is 13.2 Å². The van der Waals surface area contributed by atoms with Gasteiger partial charge in [0.2, 0.25) is 0 Å². The molecule has 0 aliphatic heterocycles. The first-order valence-corrected chi connectivity index (χ1v) is 10.8. The van der Waals surface area contributed by atoms with Gasteiger partial charge >= 0.3 is 0 Å². The predicted octanol–water partition coefficient (Wildman–Crippen LogP) is 3.47. The van der Waals surface area contributed by atoms with Gasteiger partial charge in [-0.2, -0.15) is 5.10 Å². The number of aromatic nitrogens is 4. The highest BCUT2D eigenvalue weighted by atomic mass is 32.2. The largest absolute Gasteiger partial charge is 0.495 e. The Balaban J connectivity index is 1.77. The molecule has 0 fully saturated rings. The maximum absolute atomic E-state index is 13.1. The first kappa shape index (κ1) is 20.0. The average molecular weight is 426 g/mol. The molecule has 0 amide bonds. The van der Waals surface area contributed by atoms with Gasteiger partial charge in [-0.1, -0.05) is 0 Å². The molecule has 0 atom stereocenters. The molecule has 0 bridgehead atoms. The molecule has 1 aromatic carbocycles. The SMILES string of the molecule is COc1ccc(-c2cn3ccc(C)cc3n2)cc1NS(=O)(=O)c1c(C)nn(C)c1C. The van der Waals surface area contributed by atoms with Crippen LogP contribution in [0, 0.1) is 20.8 Å². The van der Waals surface area contributed by atoms with Crippen LogP contribution >= 0.6 is 0 Å². The molecule has 0 saturated heterocycles. The third kappa shape index (κ3) is 3.41. The topological polar surface area (TPSA) is 90.5 Å². The highest BCUT2D eigenvalue weighted by molar-refractivity contribution is 7.92. The van der Waals surface area contributed by atoms with Crippen molar-refractivity contribution in [3.63, 3.8) is 0 Å². The second-order valence-electron chi connectivity index (χ2n) is 7.24.